The van der Waals surface area contributed by atoms with Crippen LogP contribution in [0.15, 0.2) is 76.0 Å². The standard InChI is InChI=1S/C21H16N2O3S/c1-2-23(27(24,25)17-10-7-15(14-22)8-11-17)16-9-12-21-19(13-16)18-5-3-4-6-20(18)26-21/h3-13H,2H2,1H3. The van der Waals surface area contributed by atoms with Crippen molar-refractivity contribution >= 4 is 37.6 Å². The lowest BCUT2D eigenvalue weighted by Crippen LogP contribution is -2.30. The number of furan rings is 1. The third kappa shape index (κ3) is 2.82. The third-order valence-corrected chi connectivity index (χ3v) is 6.42. The van der Waals surface area contributed by atoms with Crippen LogP contribution < -0.4 is 4.31 Å². The average molecular weight is 376 g/mol. The number of nitrogens with zero attached hydrogens (tertiary/aromatic N) is 2. The summed E-state index contributed by atoms with van der Waals surface area (Å²) >= 11 is 0. The Balaban J connectivity index is 1.83. The molecule has 4 rings (SSSR count). The smallest absolute Gasteiger partial charge is 0.264 e. The summed E-state index contributed by atoms with van der Waals surface area (Å²) in [7, 11) is -3.74. The Hall–Kier alpha value is -3.30. The van der Waals surface area contributed by atoms with E-state index >= 15 is 0 Å². The Morgan fingerprint density at radius 2 is 1.67 bits per heavy atom. The van der Waals surface area contributed by atoms with E-state index in [1.807, 2.05) is 36.4 Å². The van der Waals surface area contributed by atoms with Gasteiger partial charge in [-0.3, -0.25) is 4.31 Å². The molecule has 6 heteroatoms. The fraction of sp³-hybridized carbons (Fsp3) is 0.0952. The van der Waals surface area contributed by atoms with E-state index in [0.717, 1.165) is 16.4 Å². The Labute approximate surface area is 157 Å². The minimum absolute atomic E-state index is 0.153. The second-order valence-electron chi connectivity index (χ2n) is 6.08. The molecule has 0 saturated heterocycles. The summed E-state index contributed by atoms with van der Waals surface area (Å²) in [6.45, 7) is 2.07. The monoisotopic (exact) mass is 376 g/mol. The number of nitriles is 1. The lowest BCUT2D eigenvalue weighted by Gasteiger charge is -2.23. The molecule has 0 spiro atoms. The molecule has 27 heavy (non-hydrogen) atoms. The van der Waals surface area contributed by atoms with E-state index < -0.39 is 10.0 Å². The zero-order valence-corrected chi connectivity index (χ0v) is 15.4. The summed E-state index contributed by atoms with van der Waals surface area (Å²) in [6, 6.07) is 21.0. The summed E-state index contributed by atoms with van der Waals surface area (Å²) in [6.07, 6.45) is 0. The molecule has 5 nitrogen and oxygen atoms in total. The Morgan fingerprint density at radius 3 is 2.37 bits per heavy atom. The second kappa shape index (κ2) is 6.45. The Bertz CT molecular complexity index is 1280. The van der Waals surface area contributed by atoms with Gasteiger partial charge in [0.15, 0.2) is 0 Å². The van der Waals surface area contributed by atoms with E-state index in [-0.39, 0.29) is 11.4 Å². The summed E-state index contributed by atoms with van der Waals surface area (Å²) in [4.78, 5) is 0.153. The van der Waals surface area contributed by atoms with Crippen LogP contribution >= 0.6 is 0 Å². The predicted molar refractivity (Wildman–Crippen MR) is 105 cm³/mol. The highest BCUT2D eigenvalue weighted by atomic mass is 32.2. The fourth-order valence-electron chi connectivity index (χ4n) is 3.19. The van der Waals surface area contributed by atoms with Gasteiger partial charge in [-0.15, -0.1) is 0 Å². The Kier molecular flexibility index (Phi) is 4.09. The van der Waals surface area contributed by atoms with Gasteiger partial charge in [0.2, 0.25) is 0 Å². The molecular weight excluding hydrogens is 360 g/mol. The van der Waals surface area contributed by atoms with Crippen molar-refractivity contribution in [2.75, 3.05) is 10.8 Å². The molecule has 0 bridgehead atoms. The van der Waals surface area contributed by atoms with Crippen LogP contribution in [0, 0.1) is 11.3 Å². The molecule has 0 aliphatic heterocycles. The maximum absolute atomic E-state index is 13.1. The summed E-state index contributed by atoms with van der Waals surface area (Å²) in [5.41, 5.74) is 2.47. The summed E-state index contributed by atoms with van der Waals surface area (Å²) < 4.78 is 33.4. The van der Waals surface area contributed by atoms with Gasteiger partial charge in [0.1, 0.15) is 11.2 Å². The first-order chi connectivity index (χ1) is 13.0. The molecule has 0 unspecified atom stereocenters. The van der Waals surface area contributed by atoms with E-state index in [2.05, 4.69) is 0 Å². The van der Waals surface area contributed by atoms with Crippen molar-refractivity contribution in [3.63, 3.8) is 0 Å². The maximum atomic E-state index is 13.1. The largest absolute Gasteiger partial charge is 0.456 e. The van der Waals surface area contributed by atoms with Gasteiger partial charge >= 0.3 is 0 Å². The highest BCUT2D eigenvalue weighted by Gasteiger charge is 2.24. The number of hydrogen-bond acceptors (Lipinski definition) is 4. The third-order valence-electron chi connectivity index (χ3n) is 4.51. The molecule has 0 atom stereocenters. The molecule has 4 aromatic rings. The van der Waals surface area contributed by atoms with E-state index in [4.69, 9.17) is 9.68 Å². The van der Waals surface area contributed by atoms with E-state index in [9.17, 15) is 8.42 Å². The highest BCUT2D eigenvalue weighted by Crippen LogP contribution is 2.33. The molecule has 0 amide bonds. The van der Waals surface area contributed by atoms with Gasteiger partial charge in [0, 0.05) is 17.3 Å². The topological polar surface area (TPSA) is 74.3 Å². The highest BCUT2D eigenvalue weighted by molar-refractivity contribution is 7.92. The molecule has 0 fully saturated rings. The van der Waals surface area contributed by atoms with Crippen LogP contribution in [0.25, 0.3) is 21.9 Å². The molecule has 0 saturated carbocycles. The molecule has 1 aromatic heterocycles. The number of para-hydroxylation sites is 1. The van der Waals surface area contributed by atoms with Crippen LogP contribution in [0.4, 0.5) is 5.69 Å². The van der Waals surface area contributed by atoms with Gasteiger partial charge < -0.3 is 4.42 Å². The van der Waals surface area contributed by atoms with Gasteiger partial charge in [-0.2, -0.15) is 5.26 Å². The molecule has 0 aliphatic rings. The van der Waals surface area contributed by atoms with Crippen molar-refractivity contribution in [3.05, 3.63) is 72.3 Å². The van der Waals surface area contributed by atoms with E-state index in [0.29, 0.717) is 16.8 Å². The second-order valence-corrected chi connectivity index (χ2v) is 7.95. The minimum Gasteiger partial charge on any atom is -0.456 e. The lowest BCUT2D eigenvalue weighted by atomic mass is 10.1. The quantitative estimate of drug-likeness (QED) is 0.519. The van der Waals surface area contributed by atoms with Crippen molar-refractivity contribution < 1.29 is 12.8 Å². The van der Waals surface area contributed by atoms with Crippen molar-refractivity contribution in [2.45, 2.75) is 11.8 Å². The van der Waals surface area contributed by atoms with Crippen LogP contribution in [0.2, 0.25) is 0 Å². The van der Waals surface area contributed by atoms with Crippen molar-refractivity contribution in [2.24, 2.45) is 0 Å². The molecule has 0 radical (unpaired) electrons. The van der Waals surface area contributed by atoms with Crippen LogP contribution in [0.5, 0.6) is 0 Å². The van der Waals surface area contributed by atoms with Crippen LogP contribution in [0.3, 0.4) is 0 Å². The van der Waals surface area contributed by atoms with Gasteiger partial charge in [0.25, 0.3) is 10.0 Å². The van der Waals surface area contributed by atoms with Crippen LogP contribution in [-0.2, 0) is 10.0 Å². The fourth-order valence-corrected chi connectivity index (χ4v) is 4.65. The number of hydrogen-bond donors (Lipinski definition) is 0. The van der Waals surface area contributed by atoms with Gasteiger partial charge in [-0.25, -0.2) is 8.42 Å². The van der Waals surface area contributed by atoms with Crippen LogP contribution in [-0.4, -0.2) is 15.0 Å². The first-order valence-corrected chi connectivity index (χ1v) is 9.93. The summed E-state index contributed by atoms with van der Waals surface area (Å²) in [5.74, 6) is 0. The molecule has 1 heterocycles. The average Bonchev–Trinajstić information content (AvgIpc) is 3.06. The van der Waals surface area contributed by atoms with Gasteiger partial charge in [-0.1, -0.05) is 18.2 Å². The van der Waals surface area contributed by atoms with Crippen molar-refractivity contribution in [1.82, 2.24) is 0 Å². The van der Waals surface area contributed by atoms with Crippen LogP contribution in [0.1, 0.15) is 12.5 Å². The zero-order chi connectivity index (χ0) is 19.0. The molecular formula is C21H16N2O3S. The van der Waals surface area contributed by atoms with E-state index in [1.165, 1.54) is 28.6 Å². The number of fused-ring (bicyclic) bond motifs is 3. The molecule has 134 valence electrons. The predicted octanol–water partition coefficient (Wildman–Crippen LogP) is 4.67. The van der Waals surface area contributed by atoms with Gasteiger partial charge in [-0.05, 0) is 55.5 Å². The zero-order valence-electron chi connectivity index (χ0n) is 14.6. The van der Waals surface area contributed by atoms with Crippen molar-refractivity contribution in [3.8, 4) is 6.07 Å². The lowest BCUT2D eigenvalue weighted by molar-refractivity contribution is 0.592. The normalized spacial score (nSPS) is 11.6. The SMILES string of the molecule is CCN(c1ccc2oc3ccccc3c2c1)S(=O)(=O)c1ccc(C#N)cc1. The van der Waals surface area contributed by atoms with Crippen molar-refractivity contribution in [1.29, 1.82) is 5.26 Å². The Morgan fingerprint density at radius 1 is 0.963 bits per heavy atom. The number of sulfonamides is 1. The minimum atomic E-state index is -3.74. The first kappa shape index (κ1) is 17.1. The maximum Gasteiger partial charge on any atom is 0.264 e. The number of benzene rings is 3. The number of anilines is 1. The number of rotatable bonds is 4. The van der Waals surface area contributed by atoms with Gasteiger partial charge in [0.05, 0.1) is 22.2 Å². The first-order valence-electron chi connectivity index (χ1n) is 8.49. The molecule has 0 aliphatic carbocycles. The molecule has 0 N–H and O–H groups in total. The van der Waals surface area contributed by atoms with E-state index in [1.54, 1.807) is 19.1 Å². The summed E-state index contributed by atoms with van der Waals surface area (Å²) in [5, 5.41) is 10.7. The molecule has 3 aromatic carbocycles.